The first-order chi connectivity index (χ1) is 11.1. The van der Waals surface area contributed by atoms with Crippen LogP contribution in [0.4, 0.5) is 11.5 Å². The third kappa shape index (κ3) is 3.28. The number of piperazine rings is 1. The van der Waals surface area contributed by atoms with Crippen molar-refractivity contribution in [2.75, 3.05) is 31.1 Å². The molecule has 7 nitrogen and oxygen atoms in total. The number of benzene rings is 1. The van der Waals surface area contributed by atoms with Crippen molar-refractivity contribution >= 4 is 17.4 Å². The van der Waals surface area contributed by atoms with Crippen LogP contribution in [0.25, 0.3) is 0 Å². The molecule has 0 saturated carbocycles. The van der Waals surface area contributed by atoms with Crippen molar-refractivity contribution in [1.82, 2.24) is 9.88 Å². The van der Waals surface area contributed by atoms with E-state index in [0.29, 0.717) is 31.7 Å². The van der Waals surface area contributed by atoms with Crippen molar-refractivity contribution in [3.05, 3.63) is 64.3 Å². The van der Waals surface area contributed by atoms with Crippen LogP contribution in [0.1, 0.15) is 10.4 Å². The van der Waals surface area contributed by atoms with Crippen molar-refractivity contribution < 1.29 is 9.72 Å². The molecule has 1 aliphatic rings. The Labute approximate surface area is 133 Å². The van der Waals surface area contributed by atoms with Crippen LogP contribution < -0.4 is 4.90 Å². The zero-order chi connectivity index (χ0) is 16.2. The Bertz CT molecular complexity index is 695. The topological polar surface area (TPSA) is 79.6 Å². The predicted octanol–water partition coefficient (Wildman–Crippen LogP) is 1.95. The van der Waals surface area contributed by atoms with Crippen LogP contribution in [0.15, 0.2) is 48.7 Å². The normalized spacial score (nSPS) is 14.6. The summed E-state index contributed by atoms with van der Waals surface area (Å²) in [6.07, 6.45) is 1.51. The number of hydrogen-bond acceptors (Lipinski definition) is 5. The van der Waals surface area contributed by atoms with Gasteiger partial charge in [0.15, 0.2) is 6.20 Å². The molecule has 1 aliphatic heterocycles. The van der Waals surface area contributed by atoms with E-state index in [1.165, 1.54) is 12.3 Å². The number of pyridine rings is 1. The molecule has 0 radical (unpaired) electrons. The summed E-state index contributed by atoms with van der Waals surface area (Å²) in [5.41, 5.74) is 1.53. The van der Waals surface area contributed by atoms with Crippen LogP contribution in [-0.4, -0.2) is 46.9 Å². The first kappa shape index (κ1) is 15.0. The van der Waals surface area contributed by atoms with Gasteiger partial charge in [-0.25, -0.2) is 0 Å². The lowest BCUT2D eigenvalue weighted by Crippen LogP contribution is -2.48. The molecule has 1 aromatic heterocycles. The van der Waals surface area contributed by atoms with E-state index in [0.717, 1.165) is 5.69 Å². The van der Waals surface area contributed by atoms with E-state index in [9.17, 15) is 14.9 Å². The Morgan fingerprint density at radius 3 is 2.30 bits per heavy atom. The fourth-order valence-electron chi connectivity index (χ4n) is 2.60. The van der Waals surface area contributed by atoms with Gasteiger partial charge in [-0.2, -0.15) is 0 Å². The highest BCUT2D eigenvalue weighted by Crippen LogP contribution is 2.18. The first-order valence-electron chi connectivity index (χ1n) is 7.35. The van der Waals surface area contributed by atoms with Crippen molar-refractivity contribution in [2.45, 2.75) is 0 Å². The van der Waals surface area contributed by atoms with E-state index in [-0.39, 0.29) is 11.7 Å². The number of aromatic nitrogens is 1. The number of anilines is 1. The number of nitro groups is 1. The summed E-state index contributed by atoms with van der Waals surface area (Å²) in [6.45, 7) is 2.59. The maximum Gasteiger partial charge on any atom is 0.363 e. The zero-order valence-electron chi connectivity index (χ0n) is 12.5. The van der Waals surface area contributed by atoms with Crippen LogP contribution in [0.5, 0.6) is 0 Å². The summed E-state index contributed by atoms with van der Waals surface area (Å²) in [4.78, 5) is 30.2. The van der Waals surface area contributed by atoms with E-state index in [1.54, 1.807) is 6.07 Å². The average molecular weight is 312 g/mol. The molecule has 0 spiro atoms. The summed E-state index contributed by atoms with van der Waals surface area (Å²) in [7, 11) is 0. The maximum atomic E-state index is 12.4. The minimum absolute atomic E-state index is 0.0343. The zero-order valence-corrected chi connectivity index (χ0v) is 12.5. The van der Waals surface area contributed by atoms with Gasteiger partial charge in [0.25, 0.3) is 5.91 Å². The van der Waals surface area contributed by atoms with Gasteiger partial charge in [-0.05, 0) is 28.1 Å². The number of amides is 1. The highest BCUT2D eigenvalue weighted by molar-refractivity contribution is 5.94. The number of nitrogens with zero attached hydrogens (tertiary/aromatic N) is 4. The van der Waals surface area contributed by atoms with Gasteiger partial charge in [-0.3, -0.25) is 4.79 Å². The van der Waals surface area contributed by atoms with Gasteiger partial charge >= 0.3 is 5.82 Å². The highest BCUT2D eigenvalue weighted by Gasteiger charge is 2.23. The lowest BCUT2D eigenvalue weighted by molar-refractivity contribution is -0.389. The molecule has 0 aliphatic carbocycles. The van der Waals surface area contributed by atoms with Crippen molar-refractivity contribution in [3.63, 3.8) is 0 Å². The molecular weight excluding hydrogens is 296 g/mol. The molecule has 1 amide bonds. The van der Waals surface area contributed by atoms with Crippen LogP contribution in [0, 0.1) is 10.1 Å². The number of rotatable bonds is 3. The van der Waals surface area contributed by atoms with Gasteiger partial charge in [0.05, 0.1) is 5.69 Å². The monoisotopic (exact) mass is 312 g/mol. The SMILES string of the molecule is O=C(c1ccccc1)N1CCN(c2ccc([N+](=O)[O-])nc2)CC1. The fourth-order valence-corrected chi connectivity index (χ4v) is 2.60. The summed E-state index contributed by atoms with van der Waals surface area (Å²) in [6, 6.07) is 12.3. The van der Waals surface area contributed by atoms with E-state index in [1.807, 2.05) is 35.2 Å². The average Bonchev–Trinajstić information content (AvgIpc) is 2.62. The molecule has 23 heavy (non-hydrogen) atoms. The predicted molar refractivity (Wildman–Crippen MR) is 85.4 cm³/mol. The van der Waals surface area contributed by atoms with Gasteiger partial charge in [-0.1, -0.05) is 18.2 Å². The van der Waals surface area contributed by atoms with Crippen molar-refractivity contribution in [2.24, 2.45) is 0 Å². The number of hydrogen-bond donors (Lipinski definition) is 0. The van der Waals surface area contributed by atoms with E-state index in [2.05, 4.69) is 9.88 Å². The second kappa shape index (κ2) is 6.43. The quantitative estimate of drug-likeness (QED) is 0.639. The fraction of sp³-hybridized carbons (Fsp3) is 0.250. The van der Waals surface area contributed by atoms with Crippen molar-refractivity contribution in [3.8, 4) is 0 Å². The lowest BCUT2D eigenvalue weighted by Gasteiger charge is -2.35. The molecule has 2 aromatic rings. The van der Waals surface area contributed by atoms with Crippen LogP contribution in [0.2, 0.25) is 0 Å². The van der Waals surface area contributed by atoms with Gasteiger partial charge < -0.3 is 19.9 Å². The minimum atomic E-state index is -0.514. The highest BCUT2D eigenvalue weighted by atomic mass is 16.6. The van der Waals surface area contributed by atoms with E-state index in [4.69, 9.17) is 0 Å². The van der Waals surface area contributed by atoms with Crippen LogP contribution in [0.3, 0.4) is 0 Å². The molecule has 0 N–H and O–H groups in total. The molecule has 0 unspecified atom stereocenters. The second-order valence-electron chi connectivity index (χ2n) is 5.28. The summed E-state index contributed by atoms with van der Waals surface area (Å²) in [5.74, 6) is -0.126. The Morgan fingerprint density at radius 1 is 1.04 bits per heavy atom. The largest absolute Gasteiger partial charge is 0.365 e. The number of carbonyl (C=O) groups excluding carboxylic acids is 1. The van der Waals surface area contributed by atoms with Gasteiger partial charge in [0.2, 0.25) is 0 Å². The molecule has 0 bridgehead atoms. The van der Waals surface area contributed by atoms with Gasteiger partial charge in [0.1, 0.15) is 0 Å². The molecular formula is C16H16N4O3. The third-order valence-electron chi connectivity index (χ3n) is 3.87. The van der Waals surface area contributed by atoms with Crippen LogP contribution >= 0.6 is 0 Å². The Hall–Kier alpha value is -2.96. The molecule has 118 valence electrons. The summed E-state index contributed by atoms with van der Waals surface area (Å²) >= 11 is 0. The molecule has 3 rings (SSSR count). The molecule has 1 aromatic carbocycles. The summed E-state index contributed by atoms with van der Waals surface area (Å²) < 4.78 is 0. The van der Waals surface area contributed by atoms with Crippen LogP contribution in [-0.2, 0) is 0 Å². The number of carbonyl (C=O) groups is 1. The van der Waals surface area contributed by atoms with Gasteiger partial charge in [-0.15, -0.1) is 0 Å². The first-order valence-corrected chi connectivity index (χ1v) is 7.35. The van der Waals surface area contributed by atoms with Crippen molar-refractivity contribution in [1.29, 1.82) is 0 Å². The smallest absolute Gasteiger partial charge is 0.363 e. The Kier molecular flexibility index (Phi) is 4.18. The molecule has 1 fully saturated rings. The van der Waals surface area contributed by atoms with E-state index >= 15 is 0 Å². The molecule has 2 heterocycles. The molecule has 7 heteroatoms. The Balaban J connectivity index is 1.62. The van der Waals surface area contributed by atoms with Gasteiger partial charge in [0, 0.05) is 37.8 Å². The molecule has 0 atom stereocenters. The summed E-state index contributed by atoms with van der Waals surface area (Å²) in [5, 5.41) is 10.6. The minimum Gasteiger partial charge on any atom is -0.365 e. The van der Waals surface area contributed by atoms with E-state index < -0.39 is 4.92 Å². The Morgan fingerprint density at radius 2 is 1.74 bits per heavy atom. The third-order valence-corrected chi connectivity index (χ3v) is 3.87. The standard InChI is InChI=1S/C16H16N4O3/c21-16(13-4-2-1-3-5-13)19-10-8-18(9-11-19)14-6-7-15(17-12-14)20(22)23/h1-7,12H,8-11H2. The maximum absolute atomic E-state index is 12.4. The molecule has 1 saturated heterocycles. The lowest BCUT2D eigenvalue weighted by atomic mass is 10.2. The second-order valence-corrected chi connectivity index (χ2v) is 5.28.